The SMILES string of the molecule is O=C(CN1CCOCC1)N1CCCCN2[C@H](CO)[C@H](c3ccc(C#Cc4ccccc4)cc3)[C@@H]2C1. The van der Waals surface area contributed by atoms with Crippen LogP contribution < -0.4 is 0 Å². The van der Waals surface area contributed by atoms with Crippen molar-refractivity contribution in [3.8, 4) is 11.8 Å². The van der Waals surface area contributed by atoms with E-state index in [1.54, 1.807) is 0 Å². The molecule has 3 atom stereocenters. The van der Waals surface area contributed by atoms with E-state index in [-0.39, 0.29) is 30.5 Å². The van der Waals surface area contributed by atoms with Crippen LogP contribution in [0.25, 0.3) is 0 Å². The molecule has 3 saturated heterocycles. The standard InChI is InChI=1S/C29H35N3O3/c33-22-27-29(25-12-10-24(11-13-25)9-8-23-6-2-1-3-7-23)26-20-31(14-4-5-15-32(26)27)28(34)21-30-16-18-35-19-17-30/h1-3,6-7,10-13,26-27,29,33H,4-5,14-22H2/t26-,27+,29+/m0/s1. The number of hydrogen-bond donors (Lipinski definition) is 1. The molecule has 3 aliphatic rings. The lowest BCUT2D eigenvalue weighted by atomic mass is 9.74. The van der Waals surface area contributed by atoms with Crippen molar-refractivity contribution in [1.29, 1.82) is 0 Å². The first-order valence-electron chi connectivity index (χ1n) is 12.8. The summed E-state index contributed by atoms with van der Waals surface area (Å²) in [7, 11) is 0. The number of carbonyl (C=O) groups is 1. The predicted octanol–water partition coefficient (Wildman–Crippen LogP) is 2.17. The van der Waals surface area contributed by atoms with Crippen LogP contribution in [-0.4, -0.2) is 96.9 Å². The number of nitrogens with zero attached hydrogens (tertiary/aromatic N) is 3. The molecule has 3 fully saturated rings. The Labute approximate surface area is 208 Å². The lowest BCUT2D eigenvalue weighted by Crippen LogP contribution is -2.68. The fourth-order valence-corrected chi connectivity index (χ4v) is 5.67. The molecular weight excluding hydrogens is 438 g/mol. The Balaban J connectivity index is 1.29. The first-order valence-corrected chi connectivity index (χ1v) is 12.8. The molecule has 184 valence electrons. The van der Waals surface area contributed by atoms with Crippen LogP contribution in [0.4, 0.5) is 0 Å². The molecule has 35 heavy (non-hydrogen) atoms. The van der Waals surface area contributed by atoms with E-state index in [1.807, 2.05) is 30.3 Å². The molecule has 1 N–H and O–H groups in total. The molecule has 0 aromatic heterocycles. The monoisotopic (exact) mass is 473 g/mol. The number of hydrogen-bond acceptors (Lipinski definition) is 5. The van der Waals surface area contributed by atoms with E-state index in [9.17, 15) is 9.90 Å². The minimum atomic E-state index is 0.107. The summed E-state index contributed by atoms with van der Waals surface area (Å²) in [5, 5.41) is 10.2. The van der Waals surface area contributed by atoms with Gasteiger partial charge in [-0.1, -0.05) is 42.2 Å². The van der Waals surface area contributed by atoms with Gasteiger partial charge < -0.3 is 14.7 Å². The van der Waals surface area contributed by atoms with Crippen LogP contribution in [0.5, 0.6) is 0 Å². The molecule has 2 aromatic rings. The molecule has 0 spiro atoms. The van der Waals surface area contributed by atoms with Gasteiger partial charge in [-0.25, -0.2) is 0 Å². The zero-order valence-electron chi connectivity index (χ0n) is 20.3. The van der Waals surface area contributed by atoms with Crippen molar-refractivity contribution in [2.24, 2.45) is 0 Å². The third-order valence-corrected chi connectivity index (χ3v) is 7.61. The topological polar surface area (TPSA) is 56.2 Å². The van der Waals surface area contributed by atoms with Crippen LogP contribution in [0.15, 0.2) is 54.6 Å². The number of benzene rings is 2. The summed E-state index contributed by atoms with van der Waals surface area (Å²) < 4.78 is 5.43. The second-order valence-electron chi connectivity index (χ2n) is 9.75. The van der Waals surface area contributed by atoms with Gasteiger partial charge in [0.15, 0.2) is 0 Å². The van der Waals surface area contributed by atoms with Gasteiger partial charge in [0.25, 0.3) is 0 Å². The van der Waals surface area contributed by atoms with Crippen LogP contribution in [0.3, 0.4) is 0 Å². The van der Waals surface area contributed by atoms with Crippen LogP contribution in [0, 0.1) is 11.8 Å². The summed E-state index contributed by atoms with van der Waals surface area (Å²) in [6.45, 7) is 6.19. The van der Waals surface area contributed by atoms with E-state index in [0.29, 0.717) is 19.8 Å². The highest BCUT2D eigenvalue weighted by Crippen LogP contribution is 2.42. The van der Waals surface area contributed by atoms with Gasteiger partial charge in [0, 0.05) is 55.3 Å². The van der Waals surface area contributed by atoms with E-state index >= 15 is 0 Å². The Kier molecular flexibility index (Phi) is 7.80. The van der Waals surface area contributed by atoms with Crippen molar-refractivity contribution in [3.05, 3.63) is 71.3 Å². The Morgan fingerprint density at radius 3 is 2.31 bits per heavy atom. The first-order chi connectivity index (χ1) is 17.2. The maximum atomic E-state index is 13.2. The van der Waals surface area contributed by atoms with Gasteiger partial charge >= 0.3 is 0 Å². The van der Waals surface area contributed by atoms with E-state index < -0.39 is 0 Å². The molecule has 5 rings (SSSR count). The number of ether oxygens (including phenoxy) is 1. The highest BCUT2D eigenvalue weighted by molar-refractivity contribution is 5.78. The van der Waals surface area contributed by atoms with Crippen LogP contribution in [-0.2, 0) is 9.53 Å². The highest BCUT2D eigenvalue weighted by atomic mass is 16.5. The lowest BCUT2D eigenvalue weighted by Gasteiger charge is -2.57. The van der Waals surface area contributed by atoms with E-state index in [2.05, 4.69) is 50.8 Å². The average molecular weight is 474 g/mol. The average Bonchev–Trinajstić information content (AvgIpc) is 2.88. The van der Waals surface area contributed by atoms with Crippen molar-refractivity contribution in [1.82, 2.24) is 14.7 Å². The van der Waals surface area contributed by atoms with Gasteiger partial charge in [-0.15, -0.1) is 0 Å². The van der Waals surface area contributed by atoms with E-state index in [0.717, 1.165) is 56.7 Å². The molecule has 0 unspecified atom stereocenters. The fraction of sp³-hybridized carbons (Fsp3) is 0.483. The molecule has 0 radical (unpaired) electrons. The van der Waals surface area contributed by atoms with Gasteiger partial charge in [0.1, 0.15) is 0 Å². The van der Waals surface area contributed by atoms with Crippen molar-refractivity contribution < 1.29 is 14.6 Å². The normalized spacial score (nSPS) is 25.4. The number of fused-ring (bicyclic) bond motifs is 1. The van der Waals surface area contributed by atoms with E-state index in [1.165, 1.54) is 5.56 Å². The smallest absolute Gasteiger partial charge is 0.236 e. The van der Waals surface area contributed by atoms with Crippen molar-refractivity contribution in [2.75, 3.05) is 59.1 Å². The summed E-state index contributed by atoms with van der Waals surface area (Å²) in [5.74, 6) is 6.89. The number of amides is 1. The summed E-state index contributed by atoms with van der Waals surface area (Å²) >= 11 is 0. The number of aliphatic hydroxyl groups is 1. The lowest BCUT2D eigenvalue weighted by molar-refractivity contribution is -0.138. The van der Waals surface area contributed by atoms with Gasteiger partial charge in [0.05, 0.1) is 26.4 Å². The molecule has 3 heterocycles. The molecule has 0 aliphatic carbocycles. The number of aliphatic hydroxyl groups excluding tert-OH is 1. The molecular formula is C29H35N3O3. The summed E-state index contributed by atoms with van der Waals surface area (Å²) in [4.78, 5) is 19.9. The highest BCUT2D eigenvalue weighted by Gasteiger charge is 2.49. The largest absolute Gasteiger partial charge is 0.395 e. The second kappa shape index (κ2) is 11.4. The third kappa shape index (κ3) is 5.60. The predicted molar refractivity (Wildman–Crippen MR) is 136 cm³/mol. The molecule has 3 aliphatic heterocycles. The third-order valence-electron chi connectivity index (χ3n) is 7.61. The van der Waals surface area contributed by atoms with Crippen molar-refractivity contribution in [2.45, 2.75) is 30.8 Å². The summed E-state index contributed by atoms with van der Waals surface area (Å²) in [6.07, 6.45) is 2.06. The number of rotatable bonds is 4. The Hall–Kier alpha value is -2.69. The van der Waals surface area contributed by atoms with E-state index in [4.69, 9.17) is 4.74 Å². The Bertz CT molecular complexity index is 1040. The molecule has 6 nitrogen and oxygen atoms in total. The van der Waals surface area contributed by atoms with Crippen molar-refractivity contribution in [3.63, 3.8) is 0 Å². The Morgan fingerprint density at radius 2 is 1.60 bits per heavy atom. The molecule has 0 bridgehead atoms. The minimum absolute atomic E-state index is 0.107. The van der Waals surface area contributed by atoms with Gasteiger partial charge in [0.2, 0.25) is 5.91 Å². The minimum Gasteiger partial charge on any atom is -0.395 e. The fourth-order valence-electron chi connectivity index (χ4n) is 5.67. The molecule has 0 saturated carbocycles. The van der Waals surface area contributed by atoms with Crippen LogP contribution >= 0.6 is 0 Å². The quantitative estimate of drug-likeness (QED) is 0.690. The molecule has 1 amide bonds. The maximum Gasteiger partial charge on any atom is 0.236 e. The molecule has 6 heteroatoms. The van der Waals surface area contributed by atoms with Gasteiger partial charge in [-0.05, 0) is 49.2 Å². The summed E-state index contributed by atoms with van der Waals surface area (Å²) in [6, 6.07) is 18.8. The summed E-state index contributed by atoms with van der Waals surface area (Å²) in [5.41, 5.74) is 3.20. The van der Waals surface area contributed by atoms with Crippen molar-refractivity contribution >= 4 is 5.91 Å². The number of carbonyl (C=O) groups excluding carboxylic acids is 1. The number of morpholine rings is 1. The second-order valence-corrected chi connectivity index (χ2v) is 9.75. The maximum absolute atomic E-state index is 13.2. The molecule has 2 aromatic carbocycles. The first kappa shape index (κ1) is 24.0. The van der Waals surface area contributed by atoms with Gasteiger partial charge in [-0.3, -0.25) is 14.6 Å². The van der Waals surface area contributed by atoms with Gasteiger partial charge in [-0.2, -0.15) is 0 Å². The van der Waals surface area contributed by atoms with Crippen LogP contribution in [0.2, 0.25) is 0 Å². The van der Waals surface area contributed by atoms with Crippen LogP contribution in [0.1, 0.15) is 35.4 Å². The Morgan fingerprint density at radius 1 is 0.914 bits per heavy atom. The zero-order chi connectivity index (χ0) is 24.0. The zero-order valence-corrected chi connectivity index (χ0v) is 20.3.